The summed E-state index contributed by atoms with van der Waals surface area (Å²) < 4.78 is 7.93. The predicted octanol–water partition coefficient (Wildman–Crippen LogP) is 4.73. The maximum absolute atomic E-state index is 12.3. The summed E-state index contributed by atoms with van der Waals surface area (Å²) >= 11 is 10.8. The number of halogens is 2. The first-order chi connectivity index (χ1) is 13.0. The van der Waals surface area contributed by atoms with E-state index in [2.05, 4.69) is 31.4 Å². The minimum atomic E-state index is -0.175. The number of benzene rings is 2. The van der Waals surface area contributed by atoms with Gasteiger partial charge in [0.2, 0.25) is 5.91 Å². The van der Waals surface area contributed by atoms with E-state index in [4.69, 9.17) is 16.3 Å². The van der Waals surface area contributed by atoms with E-state index in [1.54, 1.807) is 19.2 Å². The van der Waals surface area contributed by atoms with E-state index in [0.717, 1.165) is 21.7 Å². The van der Waals surface area contributed by atoms with Gasteiger partial charge < -0.3 is 10.1 Å². The van der Waals surface area contributed by atoms with Gasteiger partial charge in [-0.1, -0.05) is 39.3 Å². The number of carbonyl (C=O) groups excluding carboxylic acids is 1. The van der Waals surface area contributed by atoms with Crippen molar-refractivity contribution in [3.63, 3.8) is 0 Å². The Bertz CT molecular complexity index is 962. The number of nitrogens with zero attached hydrogens (tertiary/aromatic N) is 3. The van der Waals surface area contributed by atoms with Crippen molar-refractivity contribution < 1.29 is 9.53 Å². The Morgan fingerprint density at radius 2 is 2.00 bits per heavy atom. The quantitative estimate of drug-likeness (QED) is 0.531. The number of hydrogen-bond acceptors (Lipinski definition) is 5. The van der Waals surface area contributed by atoms with Gasteiger partial charge in [-0.25, -0.2) is 0 Å². The molecule has 0 fully saturated rings. The number of aromatic nitrogens is 3. The summed E-state index contributed by atoms with van der Waals surface area (Å²) in [5, 5.41) is 12.2. The third kappa shape index (κ3) is 4.82. The summed E-state index contributed by atoms with van der Waals surface area (Å²) in [6.07, 6.45) is 0. The summed E-state index contributed by atoms with van der Waals surface area (Å²) in [6.45, 7) is 1.86. The van der Waals surface area contributed by atoms with Gasteiger partial charge in [0.1, 0.15) is 11.6 Å². The molecule has 2 aromatic carbocycles. The lowest BCUT2D eigenvalue weighted by Gasteiger charge is -2.10. The van der Waals surface area contributed by atoms with Crippen LogP contribution in [-0.2, 0) is 4.79 Å². The molecule has 1 N–H and O–H groups in total. The maximum atomic E-state index is 12.3. The van der Waals surface area contributed by atoms with E-state index < -0.39 is 0 Å². The van der Waals surface area contributed by atoms with Crippen LogP contribution in [0.15, 0.2) is 52.1 Å². The number of hydrogen-bond donors (Lipinski definition) is 1. The Kier molecular flexibility index (Phi) is 6.41. The fraction of sp³-hybridized carbons (Fsp3) is 0.167. The summed E-state index contributed by atoms with van der Waals surface area (Å²) in [5.74, 6) is 1.51. The Balaban J connectivity index is 1.70. The number of methoxy groups -OCH3 is 1. The molecule has 9 heteroatoms. The average molecular weight is 468 g/mol. The van der Waals surface area contributed by atoms with Crippen molar-refractivity contribution in [2.45, 2.75) is 12.1 Å². The predicted molar refractivity (Wildman–Crippen MR) is 111 cm³/mol. The van der Waals surface area contributed by atoms with Crippen molar-refractivity contribution in [1.29, 1.82) is 0 Å². The number of carbonyl (C=O) groups is 1. The van der Waals surface area contributed by atoms with E-state index in [1.165, 1.54) is 11.8 Å². The van der Waals surface area contributed by atoms with Gasteiger partial charge in [0.25, 0.3) is 0 Å². The van der Waals surface area contributed by atoms with Gasteiger partial charge in [-0.2, -0.15) is 0 Å². The van der Waals surface area contributed by atoms with Crippen molar-refractivity contribution in [3.8, 4) is 11.4 Å². The summed E-state index contributed by atoms with van der Waals surface area (Å²) in [4.78, 5) is 12.3. The van der Waals surface area contributed by atoms with Gasteiger partial charge >= 0.3 is 0 Å². The van der Waals surface area contributed by atoms with Crippen LogP contribution in [0.2, 0.25) is 5.02 Å². The smallest absolute Gasteiger partial charge is 0.234 e. The minimum Gasteiger partial charge on any atom is -0.497 e. The van der Waals surface area contributed by atoms with Crippen LogP contribution < -0.4 is 10.1 Å². The molecule has 0 aliphatic carbocycles. The molecule has 3 aromatic rings. The van der Waals surface area contributed by atoms with Crippen LogP contribution in [0.5, 0.6) is 5.75 Å². The van der Waals surface area contributed by atoms with Crippen molar-refractivity contribution in [1.82, 2.24) is 14.8 Å². The van der Waals surface area contributed by atoms with Gasteiger partial charge in [0.15, 0.2) is 5.16 Å². The van der Waals surface area contributed by atoms with Crippen LogP contribution in [-0.4, -0.2) is 33.5 Å². The molecule has 0 aliphatic rings. The van der Waals surface area contributed by atoms with Crippen LogP contribution in [0, 0.1) is 6.92 Å². The maximum Gasteiger partial charge on any atom is 0.234 e. The fourth-order valence-corrected chi connectivity index (χ4v) is 3.89. The normalized spacial score (nSPS) is 10.7. The number of aryl methyl sites for hydroxylation is 1. The zero-order chi connectivity index (χ0) is 19.4. The van der Waals surface area contributed by atoms with Crippen molar-refractivity contribution >= 4 is 50.9 Å². The minimum absolute atomic E-state index is 0.175. The summed E-state index contributed by atoms with van der Waals surface area (Å²) in [7, 11) is 1.62. The molecular weight excluding hydrogens is 452 g/mol. The Morgan fingerprint density at radius 3 is 2.67 bits per heavy atom. The lowest BCUT2D eigenvalue weighted by molar-refractivity contribution is -0.113. The van der Waals surface area contributed by atoms with Crippen LogP contribution in [0.1, 0.15) is 5.82 Å². The fourth-order valence-electron chi connectivity index (χ4n) is 2.37. The number of anilines is 1. The summed E-state index contributed by atoms with van der Waals surface area (Å²) in [6, 6.07) is 12.9. The monoisotopic (exact) mass is 466 g/mol. The molecule has 0 saturated heterocycles. The molecule has 27 heavy (non-hydrogen) atoms. The van der Waals surface area contributed by atoms with E-state index in [9.17, 15) is 4.79 Å². The molecule has 140 valence electrons. The van der Waals surface area contributed by atoms with E-state index in [0.29, 0.717) is 15.9 Å². The van der Waals surface area contributed by atoms with Crippen LogP contribution in [0.3, 0.4) is 0 Å². The SMILES string of the molecule is COc1ccc(-n2c(C)nnc2SCC(=O)Nc2ccc(Br)cc2Cl)cc1. The molecule has 0 aliphatic heterocycles. The van der Waals surface area contributed by atoms with Crippen LogP contribution in [0.25, 0.3) is 5.69 Å². The third-order valence-corrected chi connectivity index (χ3v) is 5.40. The lowest BCUT2D eigenvalue weighted by atomic mass is 10.3. The first-order valence-corrected chi connectivity index (χ1v) is 10.1. The second-order valence-corrected chi connectivity index (χ2v) is 7.79. The molecule has 0 spiro atoms. The number of nitrogens with one attached hydrogen (secondary N) is 1. The second-order valence-electron chi connectivity index (χ2n) is 5.52. The van der Waals surface area contributed by atoms with Crippen molar-refractivity contribution in [3.05, 3.63) is 57.8 Å². The van der Waals surface area contributed by atoms with E-state index in [1.807, 2.05) is 41.8 Å². The first kappa shape index (κ1) is 19.7. The molecule has 1 aromatic heterocycles. The molecule has 1 heterocycles. The van der Waals surface area contributed by atoms with Gasteiger partial charge in [-0.15, -0.1) is 10.2 Å². The highest BCUT2D eigenvalue weighted by Gasteiger charge is 2.14. The highest BCUT2D eigenvalue weighted by molar-refractivity contribution is 9.10. The third-order valence-electron chi connectivity index (χ3n) is 3.66. The largest absolute Gasteiger partial charge is 0.497 e. The van der Waals surface area contributed by atoms with E-state index >= 15 is 0 Å². The van der Waals surface area contributed by atoms with Gasteiger partial charge in [-0.3, -0.25) is 9.36 Å². The van der Waals surface area contributed by atoms with Crippen LogP contribution in [0.4, 0.5) is 5.69 Å². The summed E-state index contributed by atoms with van der Waals surface area (Å²) in [5.41, 5.74) is 1.47. The Morgan fingerprint density at radius 1 is 1.26 bits per heavy atom. The number of rotatable bonds is 6. The van der Waals surface area contributed by atoms with E-state index in [-0.39, 0.29) is 11.7 Å². The molecule has 0 saturated carbocycles. The second kappa shape index (κ2) is 8.77. The Hall–Kier alpha value is -2.03. The standard InChI is InChI=1S/C18H16BrClN4O2S/c1-11-22-23-18(24(11)13-4-6-14(26-2)7-5-13)27-10-17(25)21-16-8-3-12(19)9-15(16)20/h3-9H,10H2,1-2H3,(H,21,25). The molecule has 0 unspecified atom stereocenters. The van der Waals surface area contributed by atoms with Crippen molar-refractivity contribution in [2.24, 2.45) is 0 Å². The highest BCUT2D eigenvalue weighted by Crippen LogP contribution is 2.27. The number of ether oxygens (including phenoxy) is 1. The van der Waals surface area contributed by atoms with Crippen LogP contribution >= 0.6 is 39.3 Å². The van der Waals surface area contributed by atoms with Crippen molar-refractivity contribution in [2.75, 3.05) is 18.2 Å². The Labute approximate surface area is 174 Å². The highest BCUT2D eigenvalue weighted by atomic mass is 79.9. The molecule has 3 rings (SSSR count). The molecule has 1 amide bonds. The zero-order valence-corrected chi connectivity index (χ0v) is 17.7. The zero-order valence-electron chi connectivity index (χ0n) is 14.6. The number of amides is 1. The average Bonchev–Trinajstić information content (AvgIpc) is 3.03. The molecule has 0 radical (unpaired) electrons. The van der Waals surface area contributed by atoms with Gasteiger partial charge in [-0.05, 0) is 49.4 Å². The molecule has 0 atom stereocenters. The van der Waals surface area contributed by atoms with Gasteiger partial charge in [0, 0.05) is 10.2 Å². The molecule has 6 nitrogen and oxygen atoms in total. The number of thioether (sulfide) groups is 1. The molecule has 0 bridgehead atoms. The van der Waals surface area contributed by atoms with Gasteiger partial charge in [0.05, 0.1) is 23.6 Å². The topological polar surface area (TPSA) is 69.0 Å². The lowest BCUT2D eigenvalue weighted by Crippen LogP contribution is -2.15. The first-order valence-electron chi connectivity index (χ1n) is 7.92. The molecular formula is C18H16BrClN4O2S.